The van der Waals surface area contributed by atoms with Crippen molar-refractivity contribution in [1.82, 2.24) is 0 Å². The second-order valence-electron chi connectivity index (χ2n) is 10.6. The zero-order valence-electron chi connectivity index (χ0n) is 22.5. The van der Waals surface area contributed by atoms with Crippen molar-refractivity contribution in [1.29, 1.82) is 0 Å². The maximum Gasteiger partial charge on any atom is 0.304 e. The summed E-state index contributed by atoms with van der Waals surface area (Å²) in [4.78, 5) is 23.5. The summed E-state index contributed by atoms with van der Waals surface area (Å²) in [5, 5.41) is 2.21. The maximum absolute atomic E-state index is 11.8. The number of hydrogen-bond acceptors (Lipinski definition) is 6. The molecule has 1 aliphatic rings. The molecule has 196 valence electrons. The number of carbonyl (C=O) groups is 2. The Labute approximate surface area is 216 Å². The molecule has 0 aliphatic carbocycles. The molecule has 1 aliphatic heterocycles. The maximum atomic E-state index is 11.8. The monoisotopic (exact) mass is 512 g/mol. The first-order chi connectivity index (χ1) is 17.0. The minimum absolute atomic E-state index is 0.179. The predicted molar refractivity (Wildman–Crippen MR) is 143 cm³/mol. The van der Waals surface area contributed by atoms with Crippen LogP contribution in [0.25, 0.3) is 0 Å². The molecule has 0 spiro atoms. The molecule has 7 heteroatoms. The summed E-state index contributed by atoms with van der Waals surface area (Å²) in [5.41, 5.74) is 0. The predicted octanol–water partition coefficient (Wildman–Crippen LogP) is 4.59. The normalized spacial score (nSPS) is 22.0. The van der Waals surface area contributed by atoms with Gasteiger partial charge in [0.05, 0.1) is 18.1 Å². The van der Waals surface area contributed by atoms with Crippen molar-refractivity contribution in [3.63, 3.8) is 0 Å². The molecule has 2 aromatic carbocycles. The molecular weight excluding hydrogens is 472 g/mol. The summed E-state index contributed by atoms with van der Waals surface area (Å²) >= 11 is 0. The summed E-state index contributed by atoms with van der Waals surface area (Å²) in [5.74, 6) is -1.08. The van der Waals surface area contributed by atoms with E-state index in [1.807, 2.05) is 19.1 Å². The van der Waals surface area contributed by atoms with E-state index in [2.05, 4.69) is 76.2 Å². The van der Waals surface area contributed by atoms with Crippen molar-refractivity contribution in [3.05, 3.63) is 60.7 Å². The van der Waals surface area contributed by atoms with Gasteiger partial charge in [-0.1, -0.05) is 88.4 Å². The first-order valence-corrected chi connectivity index (χ1v) is 14.7. The largest absolute Gasteiger partial charge is 0.462 e. The lowest BCUT2D eigenvalue weighted by Crippen LogP contribution is -2.68. The van der Waals surface area contributed by atoms with Crippen molar-refractivity contribution in [3.8, 4) is 0 Å². The second-order valence-corrected chi connectivity index (χ2v) is 14.8. The van der Waals surface area contributed by atoms with E-state index in [9.17, 15) is 9.59 Å². The molecule has 0 radical (unpaired) electrons. The summed E-state index contributed by atoms with van der Waals surface area (Å²) in [6, 6.07) is 21.0. The summed E-state index contributed by atoms with van der Waals surface area (Å²) in [6.07, 6.45) is -0.534. The number of carbonyl (C=O) groups excluding carboxylic acids is 2. The molecule has 36 heavy (non-hydrogen) atoms. The average Bonchev–Trinajstić information content (AvgIpc) is 3.23. The van der Waals surface area contributed by atoms with Gasteiger partial charge in [-0.15, -0.1) is 0 Å². The first kappa shape index (κ1) is 28.1. The number of rotatable bonds is 9. The van der Waals surface area contributed by atoms with Crippen molar-refractivity contribution >= 4 is 30.6 Å². The van der Waals surface area contributed by atoms with Gasteiger partial charge in [0.25, 0.3) is 8.32 Å². The Kier molecular flexibility index (Phi) is 9.14. The van der Waals surface area contributed by atoms with Crippen molar-refractivity contribution in [2.24, 2.45) is 5.92 Å². The fourth-order valence-electron chi connectivity index (χ4n) is 5.33. The van der Waals surface area contributed by atoms with Crippen LogP contribution in [-0.2, 0) is 28.2 Å². The van der Waals surface area contributed by atoms with Gasteiger partial charge in [-0.05, 0) is 35.2 Å². The molecule has 3 rings (SSSR count). The highest BCUT2D eigenvalue weighted by Crippen LogP contribution is 2.41. The van der Waals surface area contributed by atoms with Gasteiger partial charge >= 0.3 is 11.9 Å². The van der Waals surface area contributed by atoms with Gasteiger partial charge in [0, 0.05) is 13.8 Å². The molecule has 5 atom stereocenters. The Balaban J connectivity index is 2.02. The Hall–Kier alpha value is -2.48. The molecule has 0 amide bonds. The summed E-state index contributed by atoms with van der Waals surface area (Å²) in [6.45, 7) is 13.4. The van der Waals surface area contributed by atoms with Gasteiger partial charge in [0.15, 0.2) is 0 Å². The first-order valence-electron chi connectivity index (χ1n) is 12.8. The summed E-state index contributed by atoms with van der Waals surface area (Å²) < 4.78 is 24.7. The third kappa shape index (κ3) is 6.07. The Bertz CT molecular complexity index is 964. The van der Waals surface area contributed by atoms with Crippen LogP contribution in [0.2, 0.25) is 5.04 Å². The SMILES string of the molecule is CC[C@H](O[Si](c1ccccc1)(c1ccccc1)C(C)(C)C)[C@@H]1C[C@@H]([C@H](C)OC(C)=O)C(OC(C)=O)O1. The highest BCUT2D eigenvalue weighted by molar-refractivity contribution is 6.99. The van der Waals surface area contributed by atoms with Crippen LogP contribution in [0.5, 0.6) is 0 Å². The summed E-state index contributed by atoms with van der Waals surface area (Å²) in [7, 11) is -2.80. The van der Waals surface area contributed by atoms with Crippen LogP contribution in [0.4, 0.5) is 0 Å². The van der Waals surface area contributed by atoms with Crippen molar-refractivity contribution in [2.45, 2.75) is 90.9 Å². The lowest BCUT2D eigenvalue weighted by atomic mass is 9.96. The minimum Gasteiger partial charge on any atom is -0.462 e. The van der Waals surface area contributed by atoms with Gasteiger partial charge < -0.3 is 18.6 Å². The number of esters is 2. The quantitative estimate of drug-likeness (QED) is 0.362. The Morgan fingerprint density at radius 3 is 1.92 bits per heavy atom. The average molecular weight is 513 g/mol. The molecule has 1 unspecified atom stereocenters. The van der Waals surface area contributed by atoms with E-state index in [-0.39, 0.29) is 29.1 Å². The van der Waals surface area contributed by atoms with Crippen molar-refractivity contribution < 1.29 is 28.2 Å². The third-order valence-corrected chi connectivity index (χ3v) is 12.0. The van der Waals surface area contributed by atoms with Gasteiger partial charge in [0.1, 0.15) is 6.10 Å². The highest BCUT2D eigenvalue weighted by atomic mass is 28.4. The fraction of sp³-hybridized carbons (Fsp3) is 0.517. The van der Waals surface area contributed by atoms with Crippen LogP contribution in [0, 0.1) is 5.92 Å². The third-order valence-electron chi connectivity index (χ3n) is 6.96. The standard InChI is InChI=1S/C29H40O6Si/c1-8-26(27-19-25(20(2)32-21(3)30)28(34-27)33-22(4)31)35-36(29(5,6)7,23-15-11-9-12-16-23)24-17-13-10-14-18-24/h9-18,20,25-28H,8,19H2,1-7H3/t20-,25-,26-,27-,28?/m0/s1. The van der Waals surface area contributed by atoms with Crippen LogP contribution in [0.15, 0.2) is 60.7 Å². The molecule has 6 nitrogen and oxygen atoms in total. The molecule has 0 N–H and O–H groups in total. The van der Waals surface area contributed by atoms with Gasteiger partial charge in [-0.3, -0.25) is 9.59 Å². The van der Waals surface area contributed by atoms with E-state index in [0.29, 0.717) is 6.42 Å². The van der Waals surface area contributed by atoms with E-state index < -0.39 is 26.7 Å². The molecular formula is C29H40O6Si. The molecule has 0 bridgehead atoms. The zero-order valence-corrected chi connectivity index (χ0v) is 23.5. The number of benzene rings is 2. The minimum atomic E-state index is -2.80. The van der Waals surface area contributed by atoms with E-state index in [4.69, 9.17) is 18.6 Å². The molecule has 1 saturated heterocycles. The fourth-order valence-corrected chi connectivity index (χ4v) is 10.1. The Morgan fingerprint density at radius 1 is 0.972 bits per heavy atom. The molecule has 1 fully saturated rings. The van der Waals surface area contributed by atoms with Crippen molar-refractivity contribution in [2.75, 3.05) is 0 Å². The van der Waals surface area contributed by atoms with Crippen LogP contribution in [-0.4, -0.2) is 44.9 Å². The molecule has 1 heterocycles. The highest BCUT2D eigenvalue weighted by Gasteiger charge is 2.53. The number of ether oxygens (including phenoxy) is 3. The van der Waals surface area contributed by atoms with Crippen LogP contribution in [0.3, 0.4) is 0 Å². The van der Waals surface area contributed by atoms with E-state index in [1.54, 1.807) is 0 Å². The molecule has 0 aromatic heterocycles. The van der Waals surface area contributed by atoms with E-state index in [0.717, 1.165) is 6.42 Å². The lowest BCUT2D eigenvalue weighted by molar-refractivity contribution is -0.191. The number of hydrogen-bond donors (Lipinski definition) is 0. The van der Waals surface area contributed by atoms with Gasteiger partial charge in [0.2, 0.25) is 6.29 Å². The van der Waals surface area contributed by atoms with Gasteiger partial charge in [-0.25, -0.2) is 0 Å². The van der Waals surface area contributed by atoms with E-state index >= 15 is 0 Å². The van der Waals surface area contributed by atoms with E-state index in [1.165, 1.54) is 24.2 Å². The second kappa shape index (κ2) is 11.7. The smallest absolute Gasteiger partial charge is 0.304 e. The Morgan fingerprint density at radius 2 is 1.50 bits per heavy atom. The van der Waals surface area contributed by atoms with Crippen LogP contribution in [0.1, 0.15) is 61.3 Å². The van der Waals surface area contributed by atoms with Crippen LogP contribution < -0.4 is 10.4 Å². The van der Waals surface area contributed by atoms with Gasteiger partial charge in [-0.2, -0.15) is 0 Å². The van der Waals surface area contributed by atoms with Crippen LogP contribution >= 0.6 is 0 Å². The lowest BCUT2D eigenvalue weighted by Gasteiger charge is -2.46. The molecule has 0 saturated carbocycles. The topological polar surface area (TPSA) is 71.1 Å². The molecule has 2 aromatic rings. The zero-order chi connectivity index (χ0) is 26.5.